The number of nitrogens with zero attached hydrogens (tertiary/aromatic N) is 1. The quantitative estimate of drug-likeness (QED) is 0.192. The van der Waals surface area contributed by atoms with Gasteiger partial charge < -0.3 is 36.5 Å². The van der Waals surface area contributed by atoms with Crippen LogP contribution in [-0.2, 0) is 30.4 Å². The number of carbonyl (C=O) groups excluding carboxylic acids is 3. The monoisotopic (exact) mass is 561 g/mol. The van der Waals surface area contributed by atoms with Gasteiger partial charge in [0.1, 0.15) is 18.1 Å². The average molecular weight is 562 g/mol. The summed E-state index contributed by atoms with van der Waals surface area (Å²) in [5, 5.41) is 24.4. The molecule has 0 radical (unpaired) electrons. The molecule has 39 heavy (non-hydrogen) atoms. The van der Waals surface area contributed by atoms with Crippen molar-refractivity contribution in [3.05, 3.63) is 36.0 Å². The Balaban J connectivity index is 1.67. The molecule has 0 aliphatic carbocycles. The van der Waals surface area contributed by atoms with Crippen LogP contribution >= 0.6 is 11.8 Å². The number of hydrogen-bond acceptors (Lipinski definition) is 7. The van der Waals surface area contributed by atoms with Crippen molar-refractivity contribution in [1.29, 1.82) is 0 Å². The number of amides is 3. The van der Waals surface area contributed by atoms with Crippen LogP contribution in [0, 0.1) is 0 Å². The van der Waals surface area contributed by atoms with E-state index in [1.54, 1.807) is 0 Å². The normalized spacial score (nSPS) is 17.4. The lowest BCUT2D eigenvalue weighted by Crippen LogP contribution is -2.57. The van der Waals surface area contributed by atoms with Crippen LogP contribution in [0.2, 0.25) is 0 Å². The number of aromatic amines is 1. The first-order chi connectivity index (χ1) is 18.6. The SMILES string of the molecule is CSCCC(NC(=O)C(N)Cc1c[nH]c2ccccc12)C(=O)N1CCCC1C(=O)NC(CCC(=O)O)C(=O)O. The lowest BCUT2D eigenvalue weighted by Gasteiger charge is -2.30. The minimum atomic E-state index is -1.39. The lowest BCUT2D eigenvalue weighted by atomic mass is 10.0. The van der Waals surface area contributed by atoms with E-state index in [0.717, 1.165) is 16.5 Å². The summed E-state index contributed by atoms with van der Waals surface area (Å²) in [6.45, 7) is 0.275. The third-order valence-corrected chi connectivity index (χ3v) is 7.42. The highest BCUT2D eigenvalue weighted by atomic mass is 32.2. The number of likely N-dealkylation sites (tertiary alicyclic amines) is 1. The van der Waals surface area contributed by atoms with Crippen molar-refractivity contribution in [2.45, 2.75) is 62.7 Å². The van der Waals surface area contributed by atoms with Crippen LogP contribution in [0.5, 0.6) is 0 Å². The van der Waals surface area contributed by atoms with Crippen molar-refractivity contribution >= 4 is 52.3 Å². The van der Waals surface area contributed by atoms with E-state index >= 15 is 0 Å². The van der Waals surface area contributed by atoms with Gasteiger partial charge in [-0.3, -0.25) is 19.2 Å². The molecule has 1 aromatic carbocycles. The molecule has 4 unspecified atom stereocenters. The number of aliphatic carboxylic acids is 2. The summed E-state index contributed by atoms with van der Waals surface area (Å²) in [6.07, 6.45) is 4.42. The zero-order valence-electron chi connectivity index (χ0n) is 21.7. The Hall–Kier alpha value is -3.58. The number of fused-ring (bicyclic) bond motifs is 1. The molecular formula is C26H35N5O7S. The van der Waals surface area contributed by atoms with E-state index in [2.05, 4.69) is 15.6 Å². The van der Waals surface area contributed by atoms with Gasteiger partial charge in [-0.15, -0.1) is 0 Å². The maximum atomic E-state index is 13.5. The lowest BCUT2D eigenvalue weighted by molar-refractivity contribution is -0.145. The number of aromatic nitrogens is 1. The fourth-order valence-electron chi connectivity index (χ4n) is 4.70. The fraction of sp³-hybridized carbons (Fsp3) is 0.500. The predicted octanol–water partition coefficient (Wildman–Crippen LogP) is 0.701. The molecule has 13 heteroatoms. The van der Waals surface area contributed by atoms with Crippen LogP contribution in [-0.4, -0.2) is 92.5 Å². The number of carboxylic acid groups (broad SMARTS) is 2. The summed E-state index contributed by atoms with van der Waals surface area (Å²) < 4.78 is 0. The van der Waals surface area contributed by atoms with Gasteiger partial charge in [0.05, 0.1) is 6.04 Å². The summed E-state index contributed by atoms with van der Waals surface area (Å²) in [6, 6.07) is 3.54. The van der Waals surface area contributed by atoms with Gasteiger partial charge in [-0.1, -0.05) is 18.2 Å². The molecule has 7 N–H and O–H groups in total. The standard InChI is InChI=1S/C26H35N5O7S/c1-39-12-10-19(29-23(34)17(27)13-15-14-28-18-6-3-2-5-16(15)18)25(36)31-11-4-7-21(31)24(35)30-20(26(37)38)8-9-22(32)33/h2-3,5-6,14,17,19-21,28H,4,7-13,27H2,1H3,(H,29,34)(H,30,35)(H,32,33)(H,37,38). The molecule has 1 aromatic heterocycles. The second kappa shape index (κ2) is 14.0. The van der Waals surface area contributed by atoms with Crippen molar-refractivity contribution in [1.82, 2.24) is 20.5 Å². The van der Waals surface area contributed by atoms with Crippen molar-refractivity contribution in [2.24, 2.45) is 5.73 Å². The van der Waals surface area contributed by atoms with Gasteiger partial charge in [-0.25, -0.2) is 4.79 Å². The molecule has 0 spiro atoms. The second-order valence-corrected chi connectivity index (χ2v) is 10.5. The Morgan fingerprint density at radius 2 is 1.87 bits per heavy atom. The zero-order chi connectivity index (χ0) is 28.5. The Morgan fingerprint density at radius 3 is 2.56 bits per heavy atom. The minimum Gasteiger partial charge on any atom is -0.481 e. The number of carbonyl (C=O) groups is 5. The van der Waals surface area contributed by atoms with Crippen LogP contribution in [0.3, 0.4) is 0 Å². The molecule has 212 valence electrons. The van der Waals surface area contributed by atoms with Gasteiger partial charge in [0, 0.05) is 30.1 Å². The predicted molar refractivity (Wildman–Crippen MR) is 146 cm³/mol. The molecule has 3 rings (SSSR count). The van der Waals surface area contributed by atoms with E-state index in [4.69, 9.17) is 10.8 Å². The molecule has 3 amide bonds. The van der Waals surface area contributed by atoms with Crippen molar-refractivity contribution in [3.8, 4) is 0 Å². The largest absolute Gasteiger partial charge is 0.481 e. The Bertz CT molecular complexity index is 1200. The van der Waals surface area contributed by atoms with Gasteiger partial charge >= 0.3 is 11.9 Å². The summed E-state index contributed by atoms with van der Waals surface area (Å²) in [5.41, 5.74) is 8.03. The maximum absolute atomic E-state index is 13.5. The summed E-state index contributed by atoms with van der Waals surface area (Å²) in [4.78, 5) is 66.4. The van der Waals surface area contributed by atoms with Gasteiger partial charge in [-0.2, -0.15) is 11.8 Å². The first-order valence-corrected chi connectivity index (χ1v) is 14.2. The summed E-state index contributed by atoms with van der Waals surface area (Å²) in [7, 11) is 0. The maximum Gasteiger partial charge on any atom is 0.326 e. The number of H-pyrrole nitrogens is 1. The molecule has 12 nitrogen and oxygen atoms in total. The molecule has 4 atom stereocenters. The molecule has 2 aromatic rings. The van der Waals surface area contributed by atoms with Gasteiger partial charge in [-0.05, 0) is 55.7 Å². The number of nitrogens with one attached hydrogen (secondary N) is 3. The minimum absolute atomic E-state index is 0.265. The molecule has 0 bridgehead atoms. The summed E-state index contributed by atoms with van der Waals surface area (Å²) in [5.74, 6) is -3.54. The van der Waals surface area contributed by atoms with Crippen LogP contribution in [0.15, 0.2) is 30.5 Å². The average Bonchev–Trinajstić information content (AvgIpc) is 3.56. The molecule has 1 saturated heterocycles. The van der Waals surface area contributed by atoms with E-state index in [9.17, 15) is 29.1 Å². The molecule has 1 fully saturated rings. The summed E-state index contributed by atoms with van der Waals surface area (Å²) >= 11 is 1.51. The number of carboxylic acids is 2. The topological polar surface area (TPSA) is 195 Å². The first-order valence-electron chi connectivity index (χ1n) is 12.8. The van der Waals surface area contributed by atoms with Crippen molar-refractivity contribution in [3.63, 3.8) is 0 Å². The van der Waals surface area contributed by atoms with E-state index < -0.39 is 60.2 Å². The van der Waals surface area contributed by atoms with Crippen LogP contribution < -0.4 is 16.4 Å². The van der Waals surface area contributed by atoms with E-state index in [1.807, 2.05) is 36.7 Å². The van der Waals surface area contributed by atoms with Gasteiger partial charge in [0.2, 0.25) is 17.7 Å². The number of benzene rings is 1. The third kappa shape index (κ3) is 7.96. The molecule has 1 aliphatic heterocycles. The Morgan fingerprint density at radius 1 is 1.13 bits per heavy atom. The van der Waals surface area contributed by atoms with E-state index in [-0.39, 0.29) is 19.4 Å². The van der Waals surface area contributed by atoms with Crippen LogP contribution in [0.4, 0.5) is 0 Å². The second-order valence-electron chi connectivity index (χ2n) is 9.53. The molecular weight excluding hydrogens is 526 g/mol. The highest BCUT2D eigenvalue weighted by Crippen LogP contribution is 2.21. The Labute approximate surface area is 230 Å². The van der Waals surface area contributed by atoms with Crippen molar-refractivity contribution < 1.29 is 34.2 Å². The fourth-order valence-corrected chi connectivity index (χ4v) is 5.17. The number of para-hydroxylation sites is 1. The number of nitrogens with two attached hydrogens (primary N) is 1. The van der Waals surface area contributed by atoms with Gasteiger partial charge in [0.15, 0.2) is 0 Å². The number of hydrogen-bond donors (Lipinski definition) is 6. The smallest absolute Gasteiger partial charge is 0.326 e. The van der Waals surface area contributed by atoms with Crippen LogP contribution in [0.1, 0.15) is 37.7 Å². The zero-order valence-corrected chi connectivity index (χ0v) is 22.5. The molecule has 1 aliphatic rings. The van der Waals surface area contributed by atoms with E-state index in [0.29, 0.717) is 25.0 Å². The number of thioether (sulfide) groups is 1. The highest BCUT2D eigenvalue weighted by Gasteiger charge is 2.39. The number of rotatable bonds is 14. The first kappa shape index (κ1) is 30.0. The third-order valence-electron chi connectivity index (χ3n) is 6.78. The Kier molecular flexibility index (Phi) is 10.8. The molecule has 2 heterocycles. The van der Waals surface area contributed by atoms with Crippen molar-refractivity contribution in [2.75, 3.05) is 18.6 Å². The van der Waals surface area contributed by atoms with Gasteiger partial charge in [0.25, 0.3) is 0 Å². The highest BCUT2D eigenvalue weighted by molar-refractivity contribution is 7.98. The molecule has 0 saturated carbocycles. The van der Waals surface area contributed by atoms with E-state index in [1.165, 1.54) is 16.7 Å². The van der Waals surface area contributed by atoms with Crippen LogP contribution in [0.25, 0.3) is 10.9 Å².